The summed E-state index contributed by atoms with van der Waals surface area (Å²) >= 11 is 0. The van der Waals surface area contributed by atoms with Crippen LogP contribution < -0.4 is 5.32 Å². The van der Waals surface area contributed by atoms with Crippen LogP contribution in [-0.2, 0) is 0 Å². The lowest BCUT2D eigenvalue weighted by Crippen LogP contribution is -2.51. The first-order chi connectivity index (χ1) is 8.62. The molecule has 0 bridgehead atoms. The van der Waals surface area contributed by atoms with Gasteiger partial charge in [0.2, 0.25) is 0 Å². The summed E-state index contributed by atoms with van der Waals surface area (Å²) in [5.74, 6) is 1.02. The molecule has 1 heterocycles. The van der Waals surface area contributed by atoms with Gasteiger partial charge in [0.1, 0.15) is 0 Å². The number of nitrogens with zero attached hydrogens (tertiary/aromatic N) is 1. The number of likely N-dealkylation sites (tertiary alicyclic amines) is 1. The molecule has 0 aromatic heterocycles. The number of nitrogens with one attached hydrogen (secondary N) is 1. The zero-order valence-corrected chi connectivity index (χ0v) is 12.7. The molecule has 0 spiro atoms. The minimum atomic E-state index is 0.412. The summed E-state index contributed by atoms with van der Waals surface area (Å²) in [6, 6.07) is 0.911. The van der Waals surface area contributed by atoms with Crippen molar-refractivity contribution in [2.24, 2.45) is 11.3 Å². The molecule has 0 amide bonds. The Morgan fingerprint density at radius 2 is 1.83 bits per heavy atom. The smallest absolute Gasteiger partial charge is 0.0124 e. The Labute approximate surface area is 114 Å². The van der Waals surface area contributed by atoms with E-state index in [1.165, 1.54) is 51.6 Å². The first-order valence-electron chi connectivity index (χ1n) is 8.07. The Morgan fingerprint density at radius 1 is 1.11 bits per heavy atom. The van der Waals surface area contributed by atoms with Crippen LogP contribution in [-0.4, -0.2) is 37.1 Å². The molecule has 2 fully saturated rings. The summed E-state index contributed by atoms with van der Waals surface area (Å²) in [5, 5.41) is 3.52. The lowest BCUT2D eigenvalue weighted by atomic mass is 9.77. The van der Waals surface area contributed by atoms with Gasteiger partial charge < -0.3 is 5.32 Å². The number of hydrogen-bond donors (Lipinski definition) is 1. The van der Waals surface area contributed by atoms with E-state index in [2.05, 4.69) is 31.0 Å². The molecule has 1 saturated heterocycles. The van der Waals surface area contributed by atoms with Crippen molar-refractivity contribution in [3.63, 3.8) is 0 Å². The van der Waals surface area contributed by atoms with Crippen LogP contribution in [0.2, 0.25) is 0 Å². The van der Waals surface area contributed by atoms with Crippen LogP contribution in [0.15, 0.2) is 0 Å². The second-order valence-corrected chi connectivity index (χ2v) is 7.17. The molecule has 1 saturated carbocycles. The van der Waals surface area contributed by atoms with Gasteiger partial charge >= 0.3 is 0 Å². The summed E-state index contributed by atoms with van der Waals surface area (Å²) in [4.78, 5) is 2.82. The molecule has 0 aromatic carbocycles. The SMILES string of the molecule is CCNCC(C)(C)CN1CCC[C@H]2CCCC[C@H]21. The van der Waals surface area contributed by atoms with Crippen LogP contribution in [0.5, 0.6) is 0 Å². The standard InChI is InChI=1S/C16H32N2/c1-4-17-12-16(2,3)13-18-11-7-9-14-8-5-6-10-15(14)18/h14-15,17H,4-13H2,1-3H3/t14-,15-/m1/s1. The van der Waals surface area contributed by atoms with Crippen molar-refractivity contribution in [1.29, 1.82) is 0 Å². The fraction of sp³-hybridized carbons (Fsp3) is 1.00. The van der Waals surface area contributed by atoms with Crippen molar-refractivity contribution in [3.05, 3.63) is 0 Å². The molecular weight excluding hydrogens is 220 g/mol. The average Bonchev–Trinajstić information content (AvgIpc) is 2.37. The summed E-state index contributed by atoms with van der Waals surface area (Å²) in [6.45, 7) is 11.9. The van der Waals surface area contributed by atoms with Crippen LogP contribution in [0.4, 0.5) is 0 Å². The Balaban J connectivity index is 1.90. The van der Waals surface area contributed by atoms with Gasteiger partial charge in [0, 0.05) is 19.1 Å². The van der Waals surface area contributed by atoms with Crippen molar-refractivity contribution < 1.29 is 0 Å². The van der Waals surface area contributed by atoms with Crippen LogP contribution in [0.3, 0.4) is 0 Å². The Morgan fingerprint density at radius 3 is 2.61 bits per heavy atom. The van der Waals surface area contributed by atoms with Gasteiger partial charge in [0.05, 0.1) is 0 Å². The van der Waals surface area contributed by atoms with Gasteiger partial charge in [-0.15, -0.1) is 0 Å². The highest BCUT2D eigenvalue weighted by Gasteiger charge is 2.35. The van der Waals surface area contributed by atoms with E-state index in [-0.39, 0.29) is 0 Å². The van der Waals surface area contributed by atoms with Crippen molar-refractivity contribution in [2.45, 2.75) is 65.3 Å². The van der Waals surface area contributed by atoms with E-state index in [4.69, 9.17) is 0 Å². The van der Waals surface area contributed by atoms with E-state index in [0.717, 1.165) is 25.0 Å². The predicted octanol–water partition coefficient (Wildman–Crippen LogP) is 3.28. The molecule has 0 aromatic rings. The average molecular weight is 252 g/mol. The van der Waals surface area contributed by atoms with E-state index in [1.807, 2.05) is 0 Å². The Bertz CT molecular complexity index is 247. The molecule has 1 N–H and O–H groups in total. The molecule has 18 heavy (non-hydrogen) atoms. The van der Waals surface area contributed by atoms with Gasteiger partial charge in [0.25, 0.3) is 0 Å². The van der Waals surface area contributed by atoms with Crippen LogP contribution in [0.25, 0.3) is 0 Å². The van der Waals surface area contributed by atoms with Crippen molar-refractivity contribution in [1.82, 2.24) is 10.2 Å². The second-order valence-electron chi connectivity index (χ2n) is 7.17. The first kappa shape index (κ1) is 14.3. The number of piperidine rings is 1. The predicted molar refractivity (Wildman–Crippen MR) is 78.9 cm³/mol. The van der Waals surface area contributed by atoms with E-state index in [1.54, 1.807) is 0 Å². The van der Waals surface area contributed by atoms with Gasteiger partial charge in [-0.2, -0.15) is 0 Å². The maximum Gasteiger partial charge on any atom is 0.0124 e. The quantitative estimate of drug-likeness (QED) is 0.808. The van der Waals surface area contributed by atoms with Crippen LogP contribution >= 0.6 is 0 Å². The van der Waals surface area contributed by atoms with Gasteiger partial charge in [-0.25, -0.2) is 0 Å². The van der Waals surface area contributed by atoms with Crippen molar-refractivity contribution >= 4 is 0 Å². The molecule has 2 rings (SSSR count). The topological polar surface area (TPSA) is 15.3 Å². The monoisotopic (exact) mass is 252 g/mol. The maximum atomic E-state index is 3.52. The normalized spacial score (nSPS) is 30.2. The third kappa shape index (κ3) is 3.71. The fourth-order valence-electron chi connectivity index (χ4n) is 3.99. The molecule has 106 valence electrons. The molecule has 0 unspecified atom stereocenters. The summed E-state index contributed by atoms with van der Waals surface area (Å²) in [7, 11) is 0. The molecular formula is C16H32N2. The fourth-order valence-corrected chi connectivity index (χ4v) is 3.99. The van der Waals surface area contributed by atoms with Crippen LogP contribution in [0.1, 0.15) is 59.3 Å². The van der Waals surface area contributed by atoms with E-state index >= 15 is 0 Å². The molecule has 2 nitrogen and oxygen atoms in total. The molecule has 2 aliphatic rings. The van der Waals surface area contributed by atoms with Gasteiger partial charge in [0.15, 0.2) is 0 Å². The lowest BCUT2D eigenvalue weighted by Gasteiger charge is -2.47. The zero-order valence-electron chi connectivity index (χ0n) is 12.7. The molecule has 1 aliphatic carbocycles. The number of fused-ring (bicyclic) bond motifs is 1. The third-order valence-electron chi connectivity index (χ3n) is 4.84. The summed E-state index contributed by atoms with van der Waals surface area (Å²) in [5.41, 5.74) is 0.412. The summed E-state index contributed by atoms with van der Waals surface area (Å²) < 4.78 is 0. The van der Waals surface area contributed by atoms with Gasteiger partial charge in [-0.3, -0.25) is 4.90 Å². The van der Waals surface area contributed by atoms with Crippen LogP contribution in [0, 0.1) is 11.3 Å². The zero-order chi connectivity index (χ0) is 13.0. The highest BCUT2D eigenvalue weighted by atomic mass is 15.2. The largest absolute Gasteiger partial charge is 0.316 e. The number of hydrogen-bond acceptors (Lipinski definition) is 2. The highest BCUT2D eigenvalue weighted by Crippen LogP contribution is 2.36. The van der Waals surface area contributed by atoms with Crippen molar-refractivity contribution in [2.75, 3.05) is 26.2 Å². The van der Waals surface area contributed by atoms with E-state index in [9.17, 15) is 0 Å². The first-order valence-corrected chi connectivity index (χ1v) is 8.07. The summed E-state index contributed by atoms with van der Waals surface area (Å²) in [6.07, 6.45) is 8.82. The molecule has 2 atom stereocenters. The van der Waals surface area contributed by atoms with Gasteiger partial charge in [-0.05, 0) is 50.1 Å². The molecule has 2 heteroatoms. The van der Waals surface area contributed by atoms with Crippen molar-refractivity contribution in [3.8, 4) is 0 Å². The Kier molecular flexibility index (Phi) is 5.08. The van der Waals surface area contributed by atoms with E-state index < -0.39 is 0 Å². The highest BCUT2D eigenvalue weighted by molar-refractivity contribution is 4.90. The maximum absolute atomic E-state index is 3.52. The Hall–Kier alpha value is -0.0800. The second kappa shape index (κ2) is 6.38. The molecule has 1 aliphatic heterocycles. The minimum absolute atomic E-state index is 0.412. The minimum Gasteiger partial charge on any atom is -0.316 e. The lowest BCUT2D eigenvalue weighted by molar-refractivity contribution is 0.0322. The van der Waals surface area contributed by atoms with Gasteiger partial charge in [-0.1, -0.05) is 33.6 Å². The third-order valence-corrected chi connectivity index (χ3v) is 4.84. The number of rotatable bonds is 5. The molecule has 0 radical (unpaired) electrons. The van der Waals surface area contributed by atoms with E-state index in [0.29, 0.717) is 5.41 Å².